The van der Waals surface area contributed by atoms with Crippen LogP contribution in [0.1, 0.15) is 33.1 Å². The van der Waals surface area contributed by atoms with Gasteiger partial charge < -0.3 is 15.5 Å². The van der Waals surface area contributed by atoms with Crippen molar-refractivity contribution in [3.05, 3.63) is 0 Å². The standard InChI is InChI=1S/C14H26N4/c1-4-9-16-14(15-6-3)17-13-7-11-18(10-5-2)12-8-13/h1,13H,5-12H2,2-3H3,(H2,15,16,17). The summed E-state index contributed by atoms with van der Waals surface area (Å²) in [6.07, 6.45) is 8.84. The topological polar surface area (TPSA) is 39.7 Å². The first-order valence-corrected chi connectivity index (χ1v) is 7.00. The molecule has 0 aromatic rings. The van der Waals surface area contributed by atoms with Crippen LogP contribution in [0, 0.1) is 12.3 Å². The predicted octanol–water partition coefficient (Wildman–Crippen LogP) is 1.05. The fourth-order valence-corrected chi connectivity index (χ4v) is 2.26. The van der Waals surface area contributed by atoms with Crippen LogP contribution in [0.3, 0.4) is 0 Å². The zero-order valence-corrected chi connectivity index (χ0v) is 11.7. The van der Waals surface area contributed by atoms with E-state index in [2.05, 4.69) is 40.3 Å². The smallest absolute Gasteiger partial charge is 0.192 e. The van der Waals surface area contributed by atoms with Crippen LogP contribution in [0.2, 0.25) is 0 Å². The van der Waals surface area contributed by atoms with Crippen LogP contribution in [0.25, 0.3) is 0 Å². The van der Waals surface area contributed by atoms with Gasteiger partial charge in [0.15, 0.2) is 5.96 Å². The lowest BCUT2D eigenvalue weighted by Crippen LogP contribution is -2.48. The Morgan fingerprint density at radius 3 is 2.67 bits per heavy atom. The highest BCUT2D eigenvalue weighted by Gasteiger charge is 2.18. The molecule has 0 aromatic heterocycles. The van der Waals surface area contributed by atoms with Crippen LogP contribution in [0.4, 0.5) is 0 Å². The Labute approximate surface area is 111 Å². The first kappa shape index (κ1) is 14.8. The predicted molar refractivity (Wildman–Crippen MR) is 77.7 cm³/mol. The van der Waals surface area contributed by atoms with Crippen molar-refractivity contribution in [1.29, 1.82) is 0 Å². The Balaban J connectivity index is 2.35. The summed E-state index contributed by atoms with van der Waals surface area (Å²) in [5.74, 6) is 3.39. The van der Waals surface area contributed by atoms with E-state index < -0.39 is 0 Å². The van der Waals surface area contributed by atoms with Crippen molar-refractivity contribution in [3.63, 3.8) is 0 Å². The van der Waals surface area contributed by atoms with E-state index in [0.717, 1.165) is 12.5 Å². The van der Waals surface area contributed by atoms with Crippen molar-refractivity contribution in [2.75, 3.05) is 32.7 Å². The van der Waals surface area contributed by atoms with E-state index in [9.17, 15) is 0 Å². The maximum absolute atomic E-state index is 5.24. The number of likely N-dealkylation sites (tertiary alicyclic amines) is 1. The summed E-state index contributed by atoms with van der Waals surface area (Å²) >= 11 is 0. The van der Waals surface area contributed by atoms with E-state index in [1.54, 1.807) is 0 Å². The number of nitrogens with zero attached hydrogens (tertiary/aromatic N) is 2. The minimum absolute atomic E-state index is 0.435. The van der Waals surface area contributed by atoms with E-state index in [1.165, 1.54) is 38.9 Å². The summed E-state index contributed by atoms with van der Waals surface area (Å²) in [6.45, 7) is 9.18. The molecule has 1 saturated heterocycles. The van der Waals surface area contributed by atoms with Gasteiger partial charge in [0, 0.05) is 25.7 Å². The first-order chi connectivity index (χ1) is 8.80. The Bertz CT molecular complexity index is 285. The van der Waals surface area contributed by atoms with Gasteiger partial charge in [0.1, 0.15) is 6.54 Å². The van der Waals surface area contributed by atoms with Crippen LogP contribution in [-0.4, -0.2) is 49.6 Å². The van der Waals surface area contributed by atoms with Gasteiger partial charge in [-0.1, -0.05) is 12.8 Å². The van der Waals surface area contributed by atoms with Gasteiger partial charge in [0.05, 0.1) is 0 Å². The summed E-state index contributed by atoms with van der Waals surface area (Å²) in [5.41, 5.74) is 0. The molecule has 2 N–H and O–H groups in total. The van der Waals surface area contributed by atoms with E-state index >= 15 is 0 Å². The number of terminal acetylenes is 1. The molecule has 18 heavy (non-hydrogen) atoms. The van der Waals surface area contributed by atoms with Crippen molar-refractivity contribution in [3.8, 4) is 12.3 Å². The average Bonchev–Trinajstić information content (AvgIpc) is 2.39. The first-order valence-electron chi connectivity index (χ1n) is 7.00. The van der Waals surface area contributed by atoms with Crippen molar-refractivity contribution < 1.29 is 0 Å². The molecule has 0 radical (unpaired) electrons. The van der Waals surface area contributed by atoms with E-state index in [-0.39, 0.29) is 0 Å². The fourth-order valence-electron chi connectivity index (χ4n) is 2.26. The van der Waals surface area contributed by atoms with Crippen LogP contribution >= 0.6 is 0 Å². The summed E-state index contributed by atoms with van der Waals surface area (Å²) in [7, 11) is 0. The lowest BCUT2D eigenvalue weighted by molar-refractivity contribution is 0.206. The second-order valence-electron chi connectivity index (χ2n) is 4.66. The van der Waals surface area contributed by atoms with Gasteiger partial charge in [-0.25, -0.2) is 4.99 Å². The number of hydrogen-bond donors (Lipinski definition) is 2. The molecular formula is C14H26N4. The summed E-state index contributed by atoms with van der Waals surface area (Å²) in [4.78, 5) is 6.86. The molecule has 0 atom stereocenters. The molecule has 4 nitrogen and oxygen atoms in total. The van der Waals surface area contributed by atoms with E-state index in [1.807, 2.05) is 0 Å². The van der Waals surface area contributed by atoms with E-state index in [0.29, 0.717) is 12.6 Å². The maximum atomic E-state index is 5.24. The molecular weight excluding hydrogens is 224 g/mol. The minimum atomic E-state index is 0.435. The maximum Gasteiger partial charge on any atom is 0.192 e. The average molecular weight is 250 g/mol. The number of piperidine rings is 1. The molecule has 0 aromatic carbocycles. The third-order valence-electron chi connectivity index (χ3n) is 3.14. The summed E-state index contributed by atoms with van der Waals surface area (Å²) in [5, 5.41) is 6.70. The monoisotopic (exact) mass is 250 g/mol. The molecule has 0 saturated carbocycles. The molecule has 1 fully saturated rings. The van der Waals surface area contributed by atoms with Crippen LogP contribution < -0.4 is 10.6 Å². The molecule has 1 aliphatic rings. The van der Waals surface area contributed by atoms with Crippen LogP contribution in [-0.2, 0) is 0 Å². The lowest BCUT2D eigenvalue weighted by Gasteiger charge is -2.32. The van der Waals surface area contributed by atoms with Crippen LogP contribution in [0.15, 0.2) is 4.99 Å². The Hall–Kier alpha value is -1.21. The number of hydrogen-bond acceptors (Lipinski definition) is 2. The molecule has 4 heteroatoms. The van der Waals surface area contributed by atoms with Crippen molar-refractivity contribution in [1.82, 2.24) is 15.5 Å². The normalized spacial score (nSPS) is 18.4. The van der Waals surface area contributed by atoms with Crippen LogP contribution in [0.5, 0.6) is 0 Å². The second kappa shape index (κ2) is 8.82. The van der Waals surface area contributed by atoms with Gasteiger partial charge in [-0.05, 0) is 32.7 Å². The third kappa shape index (κ3) is 5.42. The zero-order valence-electron chi connectivity index (χ0n) is 11.7. The number of aliphatic imine (C=N–C) groups is 1. The van der Waals surface area contributed by atoms with Gasteiger partial charge in [0.2, 0.25) is 0 Å². The molecule has 0 amide bonds. The molecule has 1 aliphatic heterocycles. The highest BCUT2D eigenvalue weighted by Crippen LogP contribution is 2.10. The van der Waals surface area contributed by atoms with Crippen molar-refractivity contribution in [2.45, 2.75) is 39.2 Å². The third-order valence-corrected chi connectivity index (χ3v) is 3.14. The second-order valence-corrected chi connectivity index (χ2v) is 4.66. The van der Waals surface area contributed by atoms with Gasteiger partial charge >= 0.3 is 0 Å². The Kier molecular flexibility index (Phi) is 7.28. The summed E-state index contributed by atoms with van der Waals surface area (Å²) in [6, 6.07) is 0.522. The zero-order chi connectivity index (χ0) is 13.2. The molecule has 0 unspecified atom stereocenters. The summed E-state index contributed by atoms with van der Waals surface area (Å²) < 4.78 is 0. The molecule has 0 spiro atoms. The molecule has 1 heterocycles. The van der Waals surface area contributed by atoms with E-state index in [4.69, 9.17) is 6.42 Å². The molecule has 102 valence electrons. The quantitative estimate of drug-likeness (QED) is 0.435. The van der Waals surface area contributed by atoms with Gasteiger partial charge in [-0.3, -0.25) is 0 Å². The van der Waals surface area contributed by atoms with Crippen molar-refractivity contribution in [2.24, 2.45) is 4.99 Å². The highest BCUT2D eigenvalue weighted by molar-refractivity contribution is 5.80. The number of nitrogens with one attached hydrogen (secondary N) is 2. The highest BCUT2D eigenvalue weighted by atomic mass is 15.2. The Morgan fingerprint density at radius 2 is 2.11 bits per heavy atom. The van der Waals surface area contributed by atoms with Crippen molar-refractivity contribution >= 4 is 5.96 Å². The lowest BCUT2D eigenvalue weighted by atomic mass is 10.1. The minimum Gasteiger partial charge on any atom is -0.357 e. The largest absolute Gasteiger partial charge is 0.357 e. The number of guanidine groups is 1. The van der Waals surface area contributed by atoms with Gasteiger partial charge in [-0.2, -0.15) is 0 Å². The van der Waals surface area contributed by atoms with Gasteiger partial charge in [0.25, 0.3) is 0 Å². The molecule has 0 aliphatic carbocycles. The SMILES string of the molecule is C#CCN=C(NCC)NC1CCN(CCC)CC1. The number of rotatable bonds is 5. The molecule has 1 rings (SSSR count). The Morgan fingerprint density at radius 1 is 1.39 bits per heavy atom. The fraction of sp³-hybridized carbons (Fsp3) is 0.786. The van der Waals surface area contributed by atoms with Gasteiger partial charge in [-0.15, -0.1) is 6.42 Å². The molecule has 0 bridgehead atoms.